The Morgan fingerprint density at radius 1 is 1.04 bits per heavy atom. The van der Waals surface area contributed by atoms with Gasteiger partial charge in [0.25, 0.3) is 5.91 Å². The van der Waals surface area contributed by atoms with Gasteiger partial charge in [0.2, 0.25) is 0 Å². The number of hydrogen-bond acceptors (Lipinski definition) is 2. The molecule has 0 bridgehead atoms. The number of aromatic nitrogens is 2. The summed E-state index contributed by atoms with van der Waals surface area (Å²) in [6.45, 7) is 0.996. The normalized spacial score (nSPS) is 10.9. The molecule has 1 N–H and O–H groups in total. The Kier molecular flexibility index (Phi) is 5.46. The molecule has 0 saturated carbocycles. The van der Waals surface area contributed by atoms with E-state index in [4.69, 9.17) is 16.6 Å². The summed E-state index contributed by atoms with van der Waals surface area (Å²) >= 11 is 9.51. The molecule has 4 aromatic rings. The van der Waals surface area contributed by atoms with Gasteiger partial charge in [-0.25, -0.2) is 4.98 Å². The molecule has 0 unspecified atom stereocenters. The van der Waals surface area contributed by atoms with Crippen LogP contribution in [0, 0.1) is 0 Å². The lowest BCUT2D eigenvalue weighted by atomic mass is 10.2. The summed E-state index contributed by atoms with van der Waals surface area (Å²) in [5.74, 6) is 0.625. The van der Waals surface area contributed by atoms with Crippen molar-refractivity contribution in [2.75, 3.05) is 0 Å². The Labute approximate surface area is 176 Å². The van der Waals surface area contributed by atoms with Crippen LogP contribution in [0.15, 0.2) is 77.3 Å². The zero-order valence-corrected chi connectivity index (χ0v) is 17.2. The van der Waals surface area contributed by atoms with Crippen LogP contribution in [-0.4, -0.2) is 15.5 Å². The zero-order valence-electron chi connectivity index (χ0n) is 14.9. The Morgan fingerprint density at radius 3 is 2.68 bits per heavy atom. The molecule has 28 heavy (non-hydrogen) atoms. The second kappa shape index (κ2) is 8.17. The fraction of sp³-hybridized carbons (Fsp3) is 0.0909. The third kappa shape index (κ3) is 4.11. The number of halogens is 2. The number of benzene rings is 3. The van der Waals surface area contributed by atoms with Crippen LogP contribution in [0.4, 0.5) is 0 Å². The highest BCUT2D eigenvalue weighted by molar-refractivity contribution is 9.10. The van der Waals surface area contributed by atoms with Gasteiger partial charge in [0, 0.05) is 21.6 Å². The fourth-order valence-corrected chi connectivity index (χ4v) is 3.78. The fourth-order valence-electron chi connectivity index (χ4n) is 3.15. The Morgan fingerprint density at radius 2 is 1.86 bits per heavy atom. The number of carbonyl (C=O) groups is 1. The van der Waals surface area contributed by atoms with E-state index in [1.807, 2.05) is 36.4 Å². The van der Waals surface area contributed by atoms with E-state index in [0.717, 1.165) is 26.9 Å². The average molecular weight is 455 g/mol. The van der Waals surface area contributed by atoms with Crippen LogP contribution in [0.5, 0.6) is 0 Å². The van der Waals surface area contributed by atoms with Crippen LogP contribution in [0.1, 0.15) is 21.7 Å². The molecule has 4 rings (SSSR count). The maximum atomic E-state index is 12.5. The lowest BCUT2D eigenvalue weighted by Crippen LogP contribution is -2.24. The Hall–Kier alpha value is -2.63. The van der Waals surface area contributed by atoms with Crippen LogP contribution >= 0.6 is 27.5 Å². The van der Waals surface area contributed by atoms with Gasteiger partial charge in [0.05, 0.1) is 17.6 Å². The Bertz CT molecular complexity index is 1160. The summed E-state index contributed by atoms with van der Waals surface area (Å²) in [7, 11) is 0. The van der Waals surface area contributed by atoms with E-state index in [0.29, 0.717) is 23.7 Å². The molecule has 0 aliphatic rings. The van der Waals surface area contributed by atoms with Gasteiger partial charge >= 0.3 is 0 Å². The topological polar surface area (TPSA) is 46.9 Å². The molecule has 3 aromatic carbocycles. The summed E-state index contributed by atoms with van der Waals surface area (Å²) in [6, 6.07) is 23.1. The number of nitrogens with zero attached hydrogens (tertiary/aromatic N) is 2. The van der Waals surface area contributed by atoms with Gasteiger partial charge in [-0.05, 0) is 48.0 Å². The first-order valence-corrected chi connectivity index (χ1v) is 9.99. The summed E-state index contributed by atoms with van der Waals surface area (Å²) in [5.41, 5.74) is 3.63. The molecule has 1 aromatic heterocycles. The van der Waals surface area contributed by atoms with Crippen molar-refractivity contribution in [1.82, 2.24) is 14.9 Å². The molecule has 0 atom stereocenters. The van der Waals surface area contributed by atoms with Crippen LogP contribution in [0.25, 0.3) is 11.0 Å². The first-order chi connectivity index (χ1) is 13.6. The molecule has 0 spiro atoms. The van der Waals surface area contributed by atoms with E-state index in [9.17, 15) is 4.79 Å². The molecule has 0 aliphatic heterocycles. The van der Waals surface area contributed by atoms with Crippen LogP contribution < -0.4 is 5.32 Å². The SMILES string of the molecule is O=C(NCc1nc2ccccc2n1Cc1cccc(Br)c1)c1cccc(Cl)c1. The predicted octanol–water partition coefficient (Wildman–Crippen LogP) is 5.43. The second-order valence-corrected chi connectivity index (χ2v) is 7.78. The lowest BCUT2D eigenvalue weighted by Gasteiger charge is -2.11. The second-order valence-electron chi connectivity index (χ2n) is 6.43. The quantitative estimate of drug-likeness (QED) is 0.437. The highest BCUT2D eigenvalue weighted by atomic mass is 79.9. The van der Waals surface area contributed by atoms with Gasteiger partial charge in [0.15, 0.2) is 0 Å². The minimum Gasteiger partial charge on any atom is -0.345 e. The van der Waals surface area contributed by atoms with Gasteiger partial charge in [-0.3, -0.25) is 4.79 Å². The van der Waals surface area contributed by atoms with Crippen molar-refractivity contribution in [3.63, 3.8) is 0 Å². The number of fused-ring (bicyclic) bond motifs is 1. The maximum absolute atomic E-state index is 12.5. The maximum Gasteiger partial charge on any atom is 0.251 e. The molecule has 4 nitrogen and oxygen atoms in total. The van der Waals surface area contributed by atoms with Gasteiger partial charge in [-0.2, -0.15) is 0 Å². The van der Waals surface area contributed by atoms with Gasteiger partial charge in [0.1, 0.15) is 5.82 Å². The smallest absolute Gasteiger partial charge is 0.251 e. The number of carbonyl (C=O) groups excluding carboxylic acids is 1. The van der Waals surface area contributed by atoms with Crippen molar-refractivity contribution in [2.24, 2.45) is 0 Å². The molecule has 1 heterocycles. The number of imidazole rings is 1. The highest BCUT2D eigenvalue weighted by Crippen LogP contribution is 2.20. The third-order valence-electron chi connectivity index (χ3n) is 4.46. The van der Waals surface area contributed by atoms with Crippen molar-refractivity contribution in [3.8, 4) is 0 Å². The summed E-state index contributed by atoms with van der Waals surface area (Å²) in [5, 5.41) is 3.49. The minimum atomic E-state index is -0.177. The van der Waals surface area contributed by atoms with Crippen molar-refractivity contribution in [2.45, 2.75) is 13.1 Å². The third-order valence-corrected chi connectivity index (χ3v) is 5.19. The van der Waals surface area contributed by atoms with Crippen LogP contribution in [-0.2, 0) is 13.1 Å². The number of para-hydroxylation sites is 2. The molecule has 1 amide bonds. The highest BCUT2D eigenvalue weighted by Gasteiger charge is 2.13. The van der Waals surface area contributed by atoms with Crippen molar-refractivity contribution < 1.29 is 4.79 Å². The predicted molar refractivity (Wildman–Crippen MR) is 116 cm³/mol. The van der Waals surface area contributed by atoms with E-state index < -0.39 is 0 Å². The van der Waals surface area contributed by atoms with E-state index in [1.54, 1.807) is 24.3 Å². The van der Waals surface area contributed by atoms with E-state index in [1.165, 1.54) is 0 Å². The first-order valence-electron chi connectivity index (χ1n) is 8.82. The van der Waals surface area contributed by atoms with Crippen LogP contribution in [0.2, 0.25) is 5.02 Å². The van der Waals surface area contributed by atoms with E-state index in [2.05, 4.69) is 37.9 Å². The number of rotatable bonds is 5. The summed E-state index contributed by atoms with van der Waals surface area (Å²) < 4.78 is 3.17. The molecule has 0 radical (unpaired) electrons. The van der Waals surface area contributed by atoms with Crippen molar-refractivity contribution in [1.29, 1.82) is 0 Å². The average Bonchev–Trinajstić information content (AvgIpc) is 3.04. The van der Waals surface area contributed by atoms with Crippen molar-refractivity contribution in [3.05, 3.63) is 99.2 Å². The van der Waals surface area contributed by atoms with Gasteiger partial charge in [-0.15, -0.1) is 0 Å². The van der Waals surface area contributed by atoms with Crippen molar-refractivity contribution >= 4 is 44.5 Å². The van der Waals surface area contributed by atoms with Crippen LogP contribution in [0.3, 0.4) is 0 Å². The summed E-state index contributed by atoms with van der Waals surface area (Å²) in [6.07, 6.45) is 0. The largest absolute Gasteiger partial charge is 0.345 e. The van der Waals surface area contributed by atoms with Gasteiger partial charge < -0.3 is 9.88 Å². The number of hydrogen-bond donors (Lipinski definition) is 1. The molecule has 0 fully saturated rings. The molecular weight excluding hydrogens is 438 g/mol. The standard InChI is InChI=1S/C22H17BrClN3O/c23-17-7-3-5-15(11-17)14-27-20-10-2-1-9-19(20)26-21(27)13-25-22(28)16-6-4-8-18(24)12-16/h1-12H,13-14H2,(H,25,28). The molecule has 0 aliphatic carbocycles. The minimum absolute atomic E-state index is 0.177. The monoisotopic (exact) mass is 453 g/mol. The van der Waals surface area contributed by atoms with E-state index in [-0.39, 0.29) is 5.91 Å². The van der Waals surface area contributed by atoms with Gasteiger partial charge in [-0.1, -0.05) is 57.9 Å². The number of amides is 1. The lowest BCUT2D eigenvalue weighted by molar-refractivity contribution is 0.0949. The number of nitrogens with one attached hydrogen (secondary N) is 1. The van der Waals surface area contributed by atoms with E-state index >= 15 is 0 Å². The molecular formula is C22H17BrClN3O. The summed E-state index contributed by atoms with van der Waals surface area (Å²) in [4.78, 5) is 17.2. The molecule has 0 saturated heterocycles. The zero-order chi connectivity index (χ0) is 19.5. The Balaban J connectivity index is 1.62. The molecule has 140 valence electrons. The first kappa shape index (κ1) is 18.7. The molecule has 6 heteroatoms.